The van der Waals surface area contributed by atoms with Crippen LogP contribution < -0.4 is 37.1 Å². The van der Waals surface area contributed by atoms with Crippen LogP contribution in [-0.2, 0) is 83.2 Å². The van der Waals surface area contributed by atoms with Gasteiger partial charge in [0.15, 0.2) is 11.6 Å². The average molecular weight is 1620 g/mol. The molecule has 3 aliphatic heterocycles. The number of ether oxygens (including phenoxy) is 4. The summed E-state index contributed by atoms with van der Waals surface area (Å²) in [7, 11) is 9.85. The second-order valence-electron chi connectivity index (χ2n) is 32.4. The third kappa shape index (κ3) is 27.0. The fourth-order valence-electron chi connectivity index (χ4n) is 15.6. The third-order valence-electron chi connectivity index (χ3n) is 22.5. The van der Waals surface area contributed by atoms with E-state index < -0.39 is 125 Å². The number of aliphatic hydroxyl groups excluding tert-OH is 1. The predicted molar refractivity (Wildman–Crippen MR) is 426 cm³/mol. The van der Waals surface area contributed by atoms with Crippen molar-refractivity contribution in [2.75, 3.05) is 73.2 Å². The molecule has 3 saturated heterocycles. The summed E-state index contributed by atoms with van der Waals surface area (Å²) in [6.45, 7) is 18.7. The largest absolute Gasteiger partial charge is 0.497 e. The van der Waals surface area contributed by atoms with E-state index in [1.54, 1.807) is 88.2 Å². The van der Waals surface area contributed by atoms with Crippen LogP contribution in [0.4, 0.5) is 15.3 Å². The molecule has 2 aromatic carbocycles. The minimum absolute atomic E-state index is 0.0103. The van der Waals surface area contributed by atoms with Crippen molar-refractivity contribution in [2.45, 2.75) is 245 Å². The second-order valence-corrected chi connectivity index (χ2v) is 33.6. The molecule has 4 fully saturated rings. The van der Waals surface area contributed by atoms with Gasteiger partial charge in [-0.3, -0.25) is 62.5 Å². The molecule has 4 aliphatic rings. The summed E-state index contributed by atoms with van der Waals surface area (Å²) in [5.41, 5.74) is 6.33. The maximum Gasteiger partial charge on any atom is 0.408 e. The van der Waals surface area contributed by atoms with Crippen molar-refractivity contribution >= 4 is 100 Å². The van der Waals surface area contributed by atoms with E-state index in [0.717, 1.165) is 0 Å². The zero-order valence-electron chi connectivity index (χ0n) is 69.4. The van der Waals surface area contributed by atoms with E-state index in [-0.39, 0.29) is 162 Å². The van der Waals surface area contributed by atoms with Gasteiger partial charge in [-0.15, -0.1) is 16.8 Å². The van der Waals surface area contributed by atoms with Crippen molar-refractivity contribution in [2.24, 2.45) is 52.6 Å². The van der Waals surface area contributed by atoms with Crippen molar-refractivity contribution in [3.63, 3.8) is 0 Å². The number of thioether (sulfide) groups is 1. The number of anilines is 1. The number of β-amino-alcohol motifs (C(OH)–C–C–N with tert-alkyl or cyclic N) is 1. The zero-order valence-corrected chi connectivity index (χ0v) is 70.2. The number of urea groups is 1. The van der Waals surface area contributed by atoms with Crippen molar-refractivity contribution in [3.8, 4) is 5.75 Å². The predicted octanol–water partition coefficient (Wildman–Crippen LogP) is 7.18. The maximum absolute atomic E-state index is 14.7. The maximum atomic E-state index is 14.7. The van der Waals surface area contributed by atoms with Crippen LogP contribution in [0, 0.1) is 46.8 Å². The van der Waals surface area contributed by atoms with Gasteiger partial charge in [0.05, 0.1) is 85.7 Å². The van der Waals surface area contributed by atoms with Gasteiger partial charge in [-0.25, -0.2) is 14.4 Å². The van der Waals surface area contributed by atoms with Gasteiger partial charge in [-0.05, 0) is 130 Å². The number of likely N-dealkylation sites (N-methyl/N-ethyl adjacent to an activating group) is 2. The number of hydroxylamine groups is 2. The van der Waals surface area contributed by atoms with Gasteiger partial charge >= 0.3 is 18.1 Å². The number of Topliss-reactive ketones (excluding diaryl/α,β-unsaturated/α-hetero) is 2. The van der Waals surface area contributed by atoms with Gasteiger partial charge < -0.3 is 71.0 Å². The molecular weight excluding hydrogens is 1490 g/mol. The molecule has 8 N–H and O–H groups in total. The first-order valence-corrected chi connectivity index (χ1v) is 41.1. The summed E-state index contributed by atoms with van der Waals surface area (Å²) in [5.74, 6) is -7.01. The Morgan fingerprint density at radius 2 is 1.39 bits per heavy atom. The lowest BCUT2D eigenvalue weighted by Gasteiger charge is -2.41. The smallest absolute Gasteiger partial charge is 0.408 e. The van der Waals surface area contributed by atoms with Crippen LogP contribution in [0.3, 0.4) is 0 Å². The van der Waals surface area contributed by atoms with Crippen molar-refractivity contribution in [3.05, 3.63) is 59.7 Å². The number of hydrogen-bond acceptors (Lipinski definition) is 22. The second kappa shape index (κ2) is 44.5. The topological polar surface area (TPSA) is 408 Å². The number of nitrogens with two attached hydrogens (primary N) is 1. The van der Waals surface area contributed by atoms with Gasteiger partial charge in [0, 0.05) is 103 Å². The zero-order chi connectivity index (χ0) is 84.6. The van der Waals surface area contributed by atoms with Crippen molar-refractivity contribution in [1.29, 1.82) is 0 Å². The fraction of sp³-hybridized carbons (Fsp3) is 0.683. The SMILES string of the molecule is CC[C@H](C)[C@@H]([C@@H](CC(=O)N1C[C@@H](O)C[C@H]1[C@H](OC)[C@@H](C)C(=O)N[C@H](C)C(NC(=O)OCc1ccc(NC(=O)[C@H](CCCNC(N)=O)CC(=O)[C@@H](NC(=O)CCCCCN2C(=O)CC(SCC3(CC(=O)ON4C(=O)CCC4=O)CC3)C2=O)C(C)C)cc1)c1ccc(OC)cc1)OC)N(C)C(=O)[C@@H](CC(=O)[C@H](C(C)C)N(C)C)C(C)C. The molecule has 0 spiro atoms. The molecule has 0 bridgehead atoms. The van der Waals surface area contributed by atoms with Crippen LogP contribution in [0.15, 0.2) is 48.5 Å². The summed E-state index contributed by atoms with van der Waals surface area (Å²) >= 11 is 1.30. The van der Waals surface area contributed by atoms with E-state index in [9.17, 15) is 72.2 Å². The van der Waals surface area contributed by atoms with E-state index in [4.69, 9.17) is 29.5 Å². The highest BCUT2D eigenvalue weighted by Crippen LogP contribution is 2.52. The lowest BCUT2D eigenvalue weighted by molar-refractivity contribution is -0.198. The van der Waals surface area contributed by atoms with E-state index in [1.165, 1.54) is 42.9 Å². The Balaban J connectivity index is 1.01. The minimum Gasteiger partial charge on any atom is -0.497 e. The highest BCUT2D eigenvalue weighted by atomic mass is 32.2. The lowest BCUT2D eigenvalue weighted by atomic mass is 9.83. The number of imide groups is 2. The van der Waals surface area contributed by atoms with Crippen LogP contribution >= 0.6 is 11.8 Å². The van der Waals surface area contributed by atoms with Gasteiger partial charge in [-0.2, -0.15) is 0 Å². The molecule has 32 heteroatoms. The molecule has 6 rings (SSSR count). The Bertz CT molecular complexity index is 3630. The molecule has 3 heterocycles. The number of rotatable bonds is 48. The molecule has 0 radical (unpaired) electrons. The molecular formula is C82H125N11O20S. The van der Waals surface area contributed by atoms with E-state index in [1.807, 2.05) is 60.5 Å². The number of likely N-dealkylation sites (tertiary alicyclic amines) is 2. The quantitative estimate of drug-likeness (QED) is 0.0255. The Morgan fingerprint density at radius 1 is 0.737 bits per heavy atom. The fourth-order valence-corrected chi connectivity index (χ4v) is 17.0. The molecule has 31 nitrogen and oxygen atoms in total. The van der Waals surface area contributed by atoms with E-state index in [0.29, 0.717) is 71.9 Å². The first-order chi connectivity index (χ1) is 53.9. The third-order valence-corrected chi connectivity index (χ3v) is 24.0. The minimum atomic E-state index is -0.954. The number of benzene rings is 2. The molecule has 1 saturated carbocycles. The number of unbranched alkanes of at least 4 members (excludes halogenated alkanes) is 2. The molecule has 14 atom stereocenters. The van der Waals surface area contributed by atoms with E-state index >= 15 is 0 Å². The molecule has 0 aromatic heterocycles. The number of nitrogens with zero attached hydrogens (tertiary/aromatic N) is 5. The molecule has 2 unspecified atom stereocenters. The molecule has 12 amide bonds. The van der Waals surface area contributed by atoms with Crippen molar-refractivity contribution < 1.29 is 96.0 Å². The number of primary amides is 1. The Morgan fingerprint density at radius 3 is 1.96 bits per heavy atom. The normalized spacial score (nSPS) is 19.6. The standard InChI is InChI=1S/C82H125N11O20S/c1-17-50(8)74(90(13)78(105)59(47(2)3)40-62(96)73(49(6)7)89(11)12)63(110-15)41-68(100)92-44-57(94)39-60(92)75(111-16)51(9)76(103)85-52(10)72(54-26-30-58(109-14)31-27-54)88-81(108)112-45-53-24-28-56(29-25-53)86-77(104)55(22-21-36-84-80(83)107)38-61(95)71(48(4)5)87-65(97)23-19-18-20-37-91-69(101)42-64(79(91)106)114-46-82(34-35-82)43-70(102)113-93-66(98)32-33-67(93)99/h24-31,47-52,55,57,59-60,63-64,71-75,94H,17-23,32-46H2,1-16H3,(H,85,103)(H,86,104)(H,87,97)(H,88,108)(H3,83,84,107)/t50-,51+,52+,55+,57-,59-,60-,63+,64?,71-,72?,73-,74-,75+/m0/s1. The van der Waals surface area contributed by atoms with Crippen LogP contribution in [0.25, 0.3) is 0 Å². The Kier molecular flexibility index (Phi) is 36.8. The summed E-state index contributed by atoms with van der Waals surface area (Å²) in [5, 5.41) is 25.3. The highest BCUT2D eigenvalue weighted by molar-refractivity contribution is 8.00. The van der Waals surface area contributed by atoms with Gasteiger partial charge in [-0.1, -0.05) is 99.4 Å². The Hall–Kier alpha value is -8.59. The highest BCUT2D eigenvalue weighted by Gasteiger charge is 2.50. The first-order valence-electron chi connectivity index (χ1n) is 40.0. The first kappa shape index (κ1) is 94.3. The van der Waals surface area contributed by atoms with Crippen LogP contribution in [-0.4, -0.2) is 234 Å². The summed E-state index contributed by atoms with van der Waals surface area (Å²) in [6.07, 6.45) is 0.00498. The monoisotopic (exact) mass is 1620 g/mol. The van der Waals surface area contributed by atoms with Crippen LogP contribution in [0.5, 0.6) is 5.75 Å². The van der Waals surface area contributed by atoms with E-state index in [2.05, 4.69) is 26.6 Å². The number of amides is 12. The number of alkyl carbamates (subject to hydrolysis) is 1. The number of carbonyl (C=O) groups excluding carboxylic acids is 14. The van der Waals surface area contributed by atoms with Crippen LogP contribution in [0.2, 0.25) is 0 Å². The Labute approximate surface area is 675 Å². The van der Waals surface area contributed by atoms with Gasteiger partial charge in [0.1, 0.15) is 12.4 Å². The number of methoxy groups -OCH3 is 3. The number of carbonyl (C=O) groups is 14. The number of ketones is 2. The molecule has 114 heavy (non-hydrogen) atoms. The number of nitrogens with one attached hydrogen (secondary N) is 5. The van der Waals surface area contributed by atoms with Gasteiger partial charge in [0.2, 0.25) is 41.4 Å². The summed E-state index contributed by atoms with van der Waals surface area (Å²) in [4.78, 5) is 199. The molecule has 1 aliphatic carbocycles. The van der Waals surface area contributed by atoms with Gasteiger partial charge in [0.25, 0.3) is 11.8 Å². The summed E-state index contributed by atoms with van der Waals surface area (Å²) in [6, 6.07) is 8.23. The van der Waals surface area contributed by atoms with Crippen LogP contribution in [0.1, 0.15) is 196 Å². The molecule has 2 aromatic rings. The number of hydrogen-bond donors (Lipinski definition) is 7. The average Bonchev–Trinajstić information content (AvgIpc) is 1.56. The molecule has 634 valence electrons. The lowest BCUT2D eigenvalue weighted by Crippen LogP contribution is -2.55. The summed E-state index contributed by atoms with van der Waals surface area (Å²) < 4.78 is 23.3. The van der Waals surface area contributed by atoms with Crippen molar-refractivity contribution in [1.82, 2.24) is 45.9 Å². The number of aliphatic hydroxyl groups is 1.